The van der Waals surface area contributed by atoms with Crippen molar-refractivity contribution in [1.29, 1.82) is 0 Å². The van der Waals surface area contributed by atoms with Gasteiger partial charge in [-0.2, -0.15) is 0 Å². The molecule has 1 heterocycles. The molecule has 0 radical (unpaired) electrons. The number of non-ortho nitro benzene ring substituents is 1. The van der Waals surface area contributed by atoms with Crippen LogP contribution in [0.25, 0.3) is 5.76 Å². The van der Waals surface area contributed by atoms with Crippen molar-refractivity contribution >= 4 is 28.8 Å². The number of nitrogens with zero attached hydrogens (tertiary/aromatic N) is 3. The quantitative estimate of drug-likeness (QED) is 0.238. The minimum atomic E-state index is -0.756. The van der Waals surface area contributed by atoms with Gasteiger partial charge in [0.1, 0.15) is 5.76 Å². The van der Waals surface area contributed by atoms with Gasteiger partial charge in [0.25, 0.3) is 17.4 Å². The first-order chi connectivity index (χ1) is 14.8. The van der Waals surface area contributed by atoms with Crippen LogP contribution >= 0.6 is 0 Å². The molecule has 1 atom stereocenters. The molecule has 3 rings (SSSR count). The molecule has 8 nitrogen and oxygen atoms in total. The van der Waals surface area contributed by atoms with Crippen LogP contribution < -0.4 is 4.90 Å². The van der Waals surface area contributed by atoms with Crippen LogP contribution in [0.2, 0.25) is 0 Å². The summed E-state index contributed by atoms with van der Waals surface area (Å²) in [4.78, 5) is 39.5. The molecule has 0 saturated carbocycles. The maximum atomic E-state index is 12.9. The molecule has 1 N–H and O–H groups in total. The number of carbonyl (C=O) groups excluding carboxylic acids is 2. The summed E-state index contributed by atoms with van der Waals surface area (Å²) in [6, 6.07) is 12.0. The summed E-state index contributed by atoms with van der Waals surface area (Å²) in [7, 11) is 3.83. The van der Waals surface area contributed by atoms with Crippen LogP contribution in [0.1, 0.15) is 36.9 Å². The largest absolute Gasteiger partial charge is 0.507 e. The number of nitro groups is 1. The summed E-state index contributed by atoms with van der Waals surface area (Å²) in [5, 5.41) is 21.9. The fourth-order valence-corrected chi connectivity index (χ4v) is 3.64. The second-order valence-electron chi connectivity index (χ2n) is 7.64. The van der Waals surface area contributed by atoms with Crippen LogP contribution in [0.4, 0.5) is 11.4 Å². The number of ketones is 1. The molecule has 162 valence electrons. The van der Waals surface area contributed by atoms with E-state index in [1.807, 2.05) is 50.2 Å². The number of nitro benzene ring substituents is 1. The predicted octanol–water partition coefficient (Wildman–Crippen LogP) is 3.88. The molecule has 1 unspecified atom stereocenters. The first kappa shape index (κ1) is 22.0. The lowest BCUT2D eigenvalue weighted by Gasteiger charge is -2.25. The molecule has 8 heteroatoms. The number of carbonyl (C=O) groups is 2. The van der Waals surface area contributed by atoms with Crippen LogP contribution in [0.5, 0.6) is 0 Å². The molecule has 1 aliphatic rings. The number of likely N-dealkylation sites (tertiary alicyclic amines) is 1. The van der Waals surface area contributed by atoms with E-state index in [4.69, 9.17) is 0 Å². The highest BCUT2D eigenvalue weighted by Crippen LogP contribution is 2.40. The highest BCUT2D eigenvalue weighted by atomic mass is 16.6. The van der Waals surface area contributed by atoms with Crippen molar-refractivity contribution in [3.05, 3.63) is 75.3 Å². The van der Waals surface area contributed by atoms with E-state index >= 15 is 0 Å². The summed E-state index contributed by atoms with van der Waals surface area (Å²) in [5.41, 5.74) is 1.78. The molecular formula is C23H25N3O5. The summed E-state index contributed by atoms with van der Waals surface area (Å²) < 4.78 is 0. The topological polar surface area (TPSA) is 104 Å². The third-order valence-corrected chi connectivity index (χ3v) is 5.37. The molecule has 0 aliphatic carbocycles. The number of unbranched alkanes of at least 4 members (excludes halogenated alkanes) is 1. The van der Waals surface area contributed by atoms with Gasteiger partial charge >= 0.3 is 0 Å². The van der Waals surface area contributed by atoms with Gasteiger partial charge in [0.15, 0.2) is 0 Å². The predicted molar refractivity (Wildman–Crippen MR) is 118 cm³/mol. The Balaban J connectivity index is 2.12. The smallest absolute Gasteiger partial charge is 0.295 e. The van der Waals surface area contributed by atoms with Crippen LogP contribution in [-0.4, -0.2) is 47.3 Å². The summed E-state index contributed by atoms with van der Waals surface area (Å²) in [5.74, 6) is -1.75. The third-order valence-electron chi connectivity index (χ3n) is 5.37. The SMILES string of the molecule is CCCCN1C(=O)C(=O)/C(=C(\O)c2ccc([N+](=O)[O-])cc2)C1c1ccc(N(C)C)cc1. The Hall–Kier alpha value is -3.68. The van der Waals surface area contributed by atoms with Gasteiger partial charge in [-0.3, -0.25) is 19.7 Å². The molecule has 2 aromatic rings. The van der Waals surface area contributed by atoms with Crippen molar-refractivity contribution in [2.75, 3.05) is 25.5 Å². The van der Waals surface area contributed by atoms with Crippen molar-refractivity contribution < 1.29 is 19.6 Å². The molecule has 0 bridgehead atoms. The van der Waals surface area contributed by atoms with Gasteiger partial charge in [0, 0.05) is 44.0 Å². The van der Waals surface area contributed by atoms with Gasteiger partial charge in [-0.25, -0.2) is 0 Å². The lowest BCUT2D eigenvalue weighted by molar-refractivity contribution is -0.384. The van der Waals surface area contributed by atoms with E-state index in [0.29, 0.717) is 12.1 Å². The summed E-state index contributed by atoms with van der Waals surface area (Å²) >= 11 is 0. The number of anilines is 1. The van der Waals surface area contributed by atoms with Crippen LogP contribution in [0, 0.1) is 10.1 Å². The summed E-state index contributed by atoms with van der Waals surface area (Å²) in [6.45, 7) is 2.38. The molecule has 1 saturated heterocycles. The first-order valence-corrected chi connectivity index (χ1v) is 10.1. The molecule has 1 fully saturated rings. The van der Waals surface area contributed by atoms with E-state index in [1.54, 1.807) is 0 Å². The monoisotopic (exact) mass is 423 g/mol. The normalized spacial score (nSPS) is 17.8. The minimum absolute atomic E-state index is 0.00689. The maximum absolute atomic E-state index is 12.9. The second-order valence-corrected chi connectivity index (χ2v) is 7.64. The number of hydrogen-bond acceptors (Lipinski definition) is 6. The lowest BCUT2D eigenvalue weighted by Crippen LogP contribution is -2.30. The molecule has 2 aromatic carbocycles. The Labute approximate surface area is 180 Å². The number of Topliss-reactive ketones (excluding diaryl/α,β-unsaturated/α-hetero) is 1. The number of aliphatic hydroxyl groups excluding tert-OH is 1. The van der Waals surface area contributed by atoms with E-state index in [2.05, 4.69) is 0 Å². The van der Waals surface area contributed by atoms with E-state index in [9.17, 15) is 24.8 Å². The lowest BCUT2D eigenvalue weighted by atomic mass is 9.95. The average molecular weight is 423 g/mol. The zero-order valence-electron chi connectivity index (χ0n) is 17.7. The number of hydrogen-bond donors (Lipinski definition) is 1. The zero-order valence-corrected chi connectivity index (χ0v) is 17.7. The van der Waals surface area contributed by atoms with Gasteiger partial charge in [-0.1, -0.05) is 25.5 Å². The summed E-state index contributed by atoms with van der Waals surface area (Å²) in [6.07, 6.45) is 1.56. The van der Waals surface area contributed by atoms with E-state index in [1.165, 1.54) is 29.2 Å². The van der Waals surface area contributed by atoms with Crippen molar-refractivity contribution in [2.45, 2.75) is 25.8 Å². The van der Waals surface area contributed by atoms with Gasteiger partial charge in [-0.15, -0.1) is 0 Å². The number of amides is 1. The molecule has 0 spiro atoms. The van der Waals surface area contributed by atoms with Crippen molar-refractivity contribution in [2.24, 2.45) is 0 Å². The number of aliphatic hydroxyl groups is 1. The highest BCUT2D eigenvalue weighted by molar-refractivity contribution is 6.46. The van der Waals surface area contributed by atoms with Gasteiger partial charge in [0.2, 0.25) is 0 Å². The fourth-order valence-electron chi connectivity index (χ4n) is 3.64. The van der Waals surface area contributed by atoms with Crippen LogP contribution in [-0.2, 0) is 9.59 Å². The Kier molecular flexibility index (Phi) is 6.39. The standard InChI is InChI=1S/C23H25N3O5/c1-4-5-14-25-20(15-6-10-17(11-7-15)24(2)3)19(22(28)23(25)29)21(27)16-8-12-18(13-9-16)26(30)31/h6-13,20,27H,4-5,14H2,1-3H3/b21-19-. The fraction of sp³-hybridized carbons (Fsp3) is 0.304. The number of rotatable bonds is 7. The first-order valence-electron chi connectivity index (χ1n) is 10.1. The molecule has 0 aromatic heterocycles. The van der Waals surface area contributed by atoms with E-state index in [0.717, 1.165) is 18.5 Å². The van der Waals surface area contributed by atoms with Crippen molar-refractivity contribution in [1.82, 2.24) is 4.90 Å². The Morgan fingerprint density at radius 1 is 1.10 bits per heavy atom. The second kappa shape index (κ2) is 8.99. The van der Waals surface area contributed by atoms with Gasteiger partial charge in [0.05, 0.1) is 16.5 Å². The Bertz CT molecular complexity index is 1030. The molecular weight excluding hydrogens is 398 g/mol. The van der Waals surface area contributed by atoms with E-state index in [-0.39, 0.29) is 22.6 Å². The Morgan fingerprint density at radius 2 is 1.71 bits per heavy atom. The molecule has 1 amide bonds. The van der Waals surface area contributed by atoms with Crippen molar-refractivity contribution in [3.8, 4) is 0 Å². The molecule has 31 heavy (non-hydrogen) atoms. The highest BCUT2D eigenvalue weighted by Gasteiger charge is 2.45. The maximum Gasteiger partial charge on any atom is 0.295 e. The van der Waals surface area contributed by atoms with Crippen LogP contribution in [0.3, 0.4) is 0 Å². The minimum Gasteiger partial charge on any atom is -0.507 e. The van der Waals surface area contributed by atoms with Crippen LogP contribution in [0.15, 0.2) is 54.1 Å². The van der Waals surface area contributed by atoms with Crippen molar-refractivity contribution in [3.63, 3.8) is 0 Å². The number of benzene rings is 2. The van der Waals surface area contributed by atoms with Gasteiger partial charge in [-0.05, 0) is 36.2 Å². The zero-order chi connectivity index (χ0) is 22.7. The molecule has 1 aliphatic heterocycles. The Morgan fingerprint density at radius 3 is 2.23 bits per heavy atom. The van der Waals surface area contributed by atoms with Gasteiger partial charge < -0.3 is 14.9 Å². The average Bonchev–Trinajstić information content (AvgIpc) is 3.02. The van der Waals surface area contributed by atoms with E-state index < -0.39 is 22.7 Å². The third kappa shape index (κ3) is 4.28.